The first-order chi connectivity index (χ1) is 17.9. The standard InChI is InChI=1S/C26H36N2O9/c1-3-35-14-21(31)28(12-16-5-4-8-36-16)19-11-18(26(33)27-6-7-29)22-17-9-15(13-30)10-20(34-2)24(17)37-25(22)23(19)32/h9-11,16,19,22-23,25,29-30,32H,3-8,12-14H2,1-2H3,(H,27,33). The van der Waals surface area contributed by atoms with Gasteiger partial charge in [0, 0.05) is 37.4 Å². The molecule has 1 aromatic rings. The maximum atomic E-state index is 13.3. The highest BCUT2D eigenvalue weighted by Gasteiger charge is 2.51. The summed E-state index contributed by atoms with van der Waals surface area (Å²) < 4.78 is 22.8. The van der Waals surface area contributed by atoms with E-state index in [9.17, 15) is 24.9 Å². The average molecular weight is 521 g/mol. The van der Waals surface area contributed by atoms with Gasteiger partial charge in [0.05, 0.1) is 38.4 Å². The third-order valence-electron chi connectivity index (χ3n) is 7.03. The fourth-order valence-electron chi connectivity index (χ4n) is 5.29. The third kappa shape index (κ3) is 5.60. The van der Waals surface area contributed by atoms with E-state index in [4.69, 9.17) is 18.9 Å². The molecule has 11 heteroatoms. The van der Waals surface area contributed by atoms with E-state index in [1.807, 2.05) is 0 Å². The Morgan fingerprint density at radius 1 is 1.27 bits per heavy atom. The summed E-state index contributed by atoms with van der Waals surface area (Å²) in [6, 6.07) is 2.49. The number of nitrogens with zero attached hydrogens (tertiary/aromatic N) is 1. The Balaban J connectivity index is 1.76. The first kappa shape index (κ1) is 27.3. The van der Waals surface area contributed by atoms with Crippen molar-refractivity contribution in [1.82, 2.24) is 10.2 Å². The SMILES string of the molecule is CCOCC(=O)N(CC1CCCO1)C1C=C(C(=O)NCCO)C2c3cc(CO)cc(OC)c3OC2C1O. The fraction of sp³-hybridized carbons (Fsp3) is 0.615. The Hall–Kier alpha value is -2.70. The van der Waals surface area contributed by atoms with Gasteiger partial charge in [0.2, 0.25) is 11.8 Å². The van der Waals surface area contributed by atoms with Crippen LogP contribution < -0.4 is 14.8 Å². The summed E-state index contributed by atoms with van der Waals surface area (Å²) in [5.41, 5.74) is 1.47. The van der Waals surface area contributed by atoms with E-state index >= 15 is 0 Å². The van der Waals surface area contributed by atoms with Crippen molar-refractivity contribution in [1.29, 1.82) is 0 Å². The van der Waals surface area contributed by atoms with Crippen LogP contribution in [-0.4, -0.2) is 103 Å². The number of rotatable bonds is 11. The van der Waals surface area contributed by atoms with Crippen LogP contribution in [0.3, 0.4) is 0 Å². The molecule has 0 spiro atoms. The molecular weight excluding hydrogens is 484 g/mol. The zero-order valence-electron chi connectivity index (χ0n) is 21.2. The van der Waals surface area contributed by atoms with Gasteiger partial charge in [0.25, 0.3) is 0 Å². The summed E-state index contributed by atoms with van der Waals surface area (Å²) in [6.07, 6.45) is 1.00. The molecule has 1 aliphatic carbocycles. The van der Waals surface area contributed by atoms with Crippen LogP contribution in [0.1, 0.15) is 36.8 Å². The Morgan fingerprint density at radius 2 is 2.08 bits per heavy atom. The smallest absolute Gasteiger partial charge is 0.249 e. The lowest BCUT2D eigenvalue weighted by molar-refractivity contribution is -0.143. The fourth-order valence-corrected chi connectivity index (χ4v) is 5.29. The van der Waals surface area contributed by atoms with E-state index in [-0.39, 0.29) is 44.9 Å². The van der Waals surface area contributed by atoms with Crippen molar-refractivity contribution in [2.75, 3.05) is 46.6 Å². The second-order valence-corrected chi connectivity index (χ2v) is 9.34. The summed E-state index contributed by atoms with van der Waals surface area (Å²) >= 11 is 0. The van der Waals surface area contributed by atoms with Gasteiger partial charge in [-0.05, 0) is 43.5 Å². The van der Waals surface area contributed by atoms with Gasteiger partial charge in [-0.1, -0.05) is 0 Å². The van der Waals surface area contributed by atoms with Gasteiger partial charge in [-0.2, -0.15) is 0 Å². The highest BCUT2D eigenvalue weighted by molar-refractivity contribution is 5.96. The molecule has 0 saturated carbocycles. The summed E-state index contributed by atoms with van der Waals surface area (Å²) in [5, 5.41) is 33.3. The predicted molar refractivity (Wildman–Crippen MR) is 131 cm³/mol. The quantitative estimate of drug-likeness (QED) is 0.313. The molecule has 1 fully saturated rings. The molecular formula is C26H36N2O9. The van der Waals surface area contributed by atoms with Crippen molar-refractivity contribution < 1.29 is 43.9 Å². The van der Waals surface area contributed by atoms with E-state index in [0.29, 0.717) is 41.4 Å². The van der Waals surface area contributed by atoms with Crippen molar-refractivity contribution in [3.63, 3.8) is 0 Å². The van der Waals surface area contributed by atoms with Crippen molar-refractivity contribution in [3.8, 4) is 11.5 Å². The number of aliphatic hydroxyl groups excluding tert-OH is 3. The van der Waals surface area contributed by atoms with Crippen LogP contribution in [0.2, 0.25) is 0 Å². The van der Waals surface area contributed by atoms with Crippen molar-refractivity contribution >= 4 is 11.8 Å². The zero-order valence-corrected chi connectivity index (χ0v) is 21.2. The molecule has 11 nitrogen and oxygen atoms in total. The van der Waals surface area contributed by atoms with Crippen LogP contribution in [-0.2, 0) is 25.7 Å². The number of hydrogen-bond donors (Lipinski definition) is 4. The molecule has 37 heavy (non-hydrogen) atoms. The van der Waals surface area contributed by atoms with Gasteiger partial charge in [-0.25, -0.2) is 0 Å². The molecule has 4 rings (SSSR count). The Morgan fingerprint density at radius 3 is 2.73 bits per heavy atom. The number of aliphatic hydroxyl groups is 3. The van der Waals surface area contributed by atoms with Gasteiger partial charge >= 0.3 is 0 Å². The second kappa shape index (κ2) is 12.2. The number of benzene rings is 1. The molecule has 0 radical (unpaired) electrons. The number of carbonyl (C=O) groups excluding carboxylic acids is 2. The van der Waals surface area contributed by atoms with Crippen LogP contribution >= 0.6 is 0 Å². The average Bonchev–Trinajstić information content (AvgIpc) is 3.57. The lowest BCUT2D eigenvalue weighted by Crippen LogP contribution is -2.57. The number of nitrogens with one attached hydrogen (secondary N) is 1. The molecule has 4 N–H and O–H groups in total. The molecule has 204 valence electrons. The molecule has 2 amide bonds. The Labute approximate surface area is 215 Å². The molecule has 5 unspecified atom stereocenters. The van der Waals surface area contributed by atoms with Gasteiger partial charge in [-0.15, -0.1) is 0 Å². The first-order valence-electron chi connectivity index (χ1n) is 12.7. The zero-order chi connectivity index (χ0) is 26.5. The summed E-state index contributed by atoms with van der Waals surface area (Å²) in [4.78, 5) is 28.1. The van der Waals surface area contributed by atoms with Crippen molar-refractivity contribution in [2.45, 2.75) is 56.6 Å². The number of fused-ring (bicyclic) bond motifs is 3. The largest absolute Gasteiger partial charge is 0.493 e. The van der Waals surface area contributed by atoms with E-state index in [0.717, 1.165) is 12.8 Å². The minimum Gasteiger partial charge on any atom is -0.493 e. The first-order valence-corrected chi connectivity index (χ1v) is 12.7. The van der Waals surface area contributed by atoms with Gasteiger partial charge in [0.1, 0.15) is 18.8 Å². The van der Waals surface area contributed by atoms with Crippen LogP contribution in [0.25, 0.3) is 0 Å². The predicted octanol–water partition coefficient (Wildman–Crippen LogP) is -0.146. The highest BCUT2D eigenvalue weighted by Crippen LogP contribution is 2.51. The lowest BCUT2D eigenvalue weighted by Gasteiger charge is -2.41. The van der Waals surface area contributed by atoms with Crippen LogP contribution in [0, 0.1) is 0 Å². The summed E-state index contributed by atoms with van der Waals surface area (Å²) in [6.45, 7) is 2.36. The minimum atomic E-state index is -1.18. The van der Waals surface area contributed by atoms with Gasteiger partial charge in [-0.3, -0.25) is 9.59 Å². The maximum Gasteiger partial charge on any atom is 0.249 e. The molecule has 5 atom stereocenters. The van der Waals surface area contributed by atoms with Crippen molar-refractivity contribution in [2.24, 2.45) is 0 Å². The number of carbonyl (C=O) groups is 2. The van der Waals surface area contributed by atoms with E-state index in [1.54, 1.807) is 25.1 Å². The number of hydrogen-bond acceptors (Lipinski definition) is 9. The normalized spacial score (nSPS) is 26.1. The highest BCUT2D eigenvalue weighted by atomic mass is 16.5. The van der Waals surface area contributed by atoms with E-state index in [1.165, 1.54) is 12.0 Å². The lowest BCUT2D eigenvalue weighted by atomic mass is 9.77. The molecule has 2 aliphatic heterocycles. The van der Waals surface area contributed by atoms with Crippen LogP contribution in [0.15, 0.2) is 23.8 Å². The number of amides is 2. The summed E-state index contributed by atoms with van der Waals surface area (Å²) in [5.74, 6) is -0.700. The molecule has 2 heterocycles. The maximum absolute atomic E-state index is 13.3. The van der Waals surface area contributed by atoms with Crippen LogP contribution in [0.5, 0.6) is 11.5 Å². The van der Waals surface area contributed by atoms with Gasteiger partial charge < -0.3 is 44.5 Å². The Bertz CT molecular complexity index is 1010. The second-order valence-electron chi connectivity index (χ2n) is 9.34. The number of methoxy groups -OCH3 is 1. The monoisotopic (exact) mass is 520 g/mol. The van der Waals surface area contributed by atoms with E-state index < -0.39 is 30.1 Å². The van der Waals surface area contributed by atoms with E-state index in [2.05, 4.69) is 5.32 Å². The molecule has 0 bridgehead atoms. The topological polar surface area (TPSA) is 147 Å². The molecule has 3 aliphatic rings. The van der Waals surface area contributed by atoms with Gasteiger partial charge in [0.15, 0.2) is 11.5 Å². The Kier molecular flexibility index (Phi) is 9.04. The molecule has 0 aromatic heterocycles. The van der Waals surface area contributed by atoms with Crippen molar-refractivity contribution in [3.05, 3.63) is 34.9 Å². The third-order valence-corrected chi connectivity index (χ3v) is 7.03. The minimum absolute atomic E-state index is 0.0391. The van der Waals surface area contributed by atoms with Crippen LogP contribution in [0.4, 0.5) is 0 Å². The molecule has 1 aromatic carbocycles. The number of ether oxygens (including phenoxy) is 4. The molecule has 1 saturated heterocycles. The summed E-state index contributed by atoms with van der Waals surface area (Å²) in [7, 11) is 1.47.